The van der Waals surface area contributed by atoms with Crippen LogP contribution >= 0.6 is 23.2 Å². The molecule has 2 atom stereocenters. The number of nitrogens with zero attached hydrogens (tertiary/aromatic N) is 2. The summed E-state index contributed by atoms with van der Waals surface area (Å²) in [5.74, 6) is 0.223. The molecule has 2 amide bonds. The Bertz CT molecular complexity index is 1540. The van der Waals surface area contributed by atoms with Crippen LogP contribution in [0.2, 0.25) is 0 Å². The third kappa shape index (κ3) is 4.33. The van der Waals surface area contributed by atoms with Crippen LogP contribution in [0.25, 0.3) is 21.5 Å². The van der Waals surface area contributed by atoms with Crippen molar-refractivity contribution in [2.45, 2.75) is 30.7 Å². The third-order valence-electron chi connectivity index (χ3n) is 8.14. The van der Waals surface area contributed by atoms with Crippen LogP contribution in [0.4, 0.5) is 11.4 Å². The van der Waals surface area contributed by atoms with Crippen LogP contribution < -0.4 is 15.5 Å². The van der Waals surface area contributed by atoms with Gasteiger partial charge in [0, 0.05) is 78.5 Å². The van der Waals surface area contributed by atoms with E-state index in [1.54, 1.807) is 21.9 Å². The van der Waals surface area contributed by atoms with Gasteiger partial charge in [-0.1, -0.05) is 48.5 Å². The summed E-state index contributed by atoms with van der Waals surface area (Å²) in [6, 6.07) is 17.5. The molecule has 2 unspecified atom stereocenters. The van der Waals surface area contributed by atoms with E-state index < -0.39 is 6.04 Å². The van der Waals surface area contributed by atoms with Gasteiger partial charge in [-0.25, -0.2) is 0 Å². The highest BCUT2D eigenvalue weighted by Gasteiger charge is 2.37. The molecule has 9 heteroatoms. The lowest BCUT2D eigenvalue weighted by molar-refractivity contribution is -0.120. The van der Waals surface area contributed by atoms with Gasteiger partial charge in [0.15, 0.2) is 0 Å². The predicted molar refractivity (Wildman–Crippen MR) is 160 cm³/mol. The molecule has 4 aromatic carbocycles. The first-order valence-electron chi connectivity index (χ1n) is 13.3. The molecule has 0 fully saturated rings. The molecule has 40 heavy (non-hydrogen) atoms. The fraction of sp³-hybridized carbons (Fsp3) is 0.290. The van der Waals surface area contributed by atoms with Crippen molar-refractivity contribution >= 4 is 67.9 Å². The number of carbonyl (C=O) groups is 2. The first-order chi connectivity index (χ1) is 19.3. The Morgan fingerprint density at radius 3 is 1.50 bits per heavy atom. The lowest BCUT2D eigenvalue weighted by Gasteiger charge is -2.23. The summed E-state index contributed by atoms with van der Waals surface area (Å²) in [7, 11) is 0. The maximum absolute atomic E-state index is 13.5. The van der Waals surface area contributed by atoms with Crippen LogP contribution in [0, 0.1) is 0 Å². The van der Waals surface area contributed by atoms with Crippen molar-refractivity contribution in [1.82, 2.24) is 0 Å². The minimum Gasteiger partial charge on any atom is -0.507 e. The highest BCUT2D eigenvalue weighted by atomic mass is 35.5. The van der Waals surface area contributed by atoms with Gasteiger partial charge in [0.25, 0.3) is 0 Å². The number of halogens is 2. The lowest BCUT2D eigenvalue weighted by atomic mass is 9.95. The Labute approximate surface area is 241 Å². The molecule has 2 heterocycles. The van der Waals surface area contributed by atoms with Gasteiger partial charge < -0.3 is 25.7 Å². The number of anilines is 2. The van der Waals surface area contributed by atoms with Gasteiger partial charge in [-0.3, -0.25) is 9.59 Å². The largest absolute Gasteiger partial charge is 0.507 e. The second-order valence-corrected chi connectivity index (χ2v) is 11.2. The summed E-state index contributed by atoms with van der Waals surface area (Å²) in [4.78, 5) is 30.2. The van der Waals surface area contributed by atoms with Crippen molar-refractivity contribution < 1.29 is 19.8 Å². The quantitative estimate of drug-likeness (QED) is 0.260. The number of nitrogens with two attached hydrogens (primary N) is 1. The third-order valence-corrected chi connectivity index (χ3v) is 8.88. The van der Waals surface area contributed by atoms with Gasteiger partial charge in [-0.15, -0.1) is 23.2 Å². The molecule has 206 valence electrons. The fourth-order valence-electron chi connectivity index (χ4n) is 6.32. The zero-order chi connectivity index (χ0) is 28.1. The van der Waals surface area contributed by atoms with Crippen molar-refractivity contribution in [2.75, 3.05) is 34.6 Å². The molecule has 0 saturated carbocycles. The molecule has 2 aliphatic heterocycles. The first-order valence-corrected chi connectivity index (χ1v) is 14.4. The van der Waals surface area contributed by atoms with Gasteiger partial charge in [0.1, 0.15) is 11.5 Å². The van der Waals surface area contributed by atoms with Gasteiger partial charge in [0.2, 0.25) is 11.8 Å². The molecule has 7 nitrogen and oxygen atoms in total. The van der Waals surface area contributed by atoms with Crippen LogP contribution in [0.3, 0.4) is 0 Å². The zero-order valence-electron chi connectivity index (χ0n) is 21.7. The van der Waals surface area contributed by atoms with Gasteiger partial charge in [-0.2, -0.15) is 0 Å². The van der Waals surface area contributed by atoms with Crippen molar-refractivity contribution in [3.8, 4) is 11.5 Å². The topological polar surface area (TPSA) is 107 Å². The summed E-state index contributed by atoms with van der Waals surface area (Å²) < 4.78 is 0. The number of phenolic OH excluding ortho intramolecular Hbond substituents is 2. The number of carbonyl (C=O) groups excluding carboxylic acids is 2. The summed E-state index contributed by atoms with van der Waals surface area (Å²) in [6.45, 7) is 0.768. The van der Waals surface area contributed by atoms with Gasteiger partial charge in [-0.05, 0) is 21.9 Å². The van der Waals surface area contributed by atoms with E-state index in [4.69, 9.17) is 28.9 Å². The average Bonchev–Trinajstić information content (AvgIpc) is 3.52. The lowest BCUT2D eigenvalue weighted by Crippen LogP contribution is -2.39. The zero-order valence-corrected chi connectivity index (χ0v) is 23.2. The summed E-state index contributed by atoms with van der Waals surface area (Å²) in [5.41, 5.74) is 9.52. The molecular formula is C31H29Cl2N3O4. The number of rotatable bonds is 6. The molecule has 6 rings (SSSR count). The fourth-order valence-corrected chi connectivity index (χ4v) is 6.82. The average molecular weight is 578 g/mol. The Morgan fingerprint density at radius 1 is 0.750 bits per heavy atom. The van der Waals surface area contributed by atoms with Crippen LogP contribution in [0.1, 0.15) is 35.8 Å². The molecule has 2 aliphatic rings. The minimum absolute atomic E-state index is 0.0453. The number of amides is 2. The Kier molecular flexibility index (Phi) is 6.98. The Morgan fingerprint density at radius 2 is 1.12 bits per heavy atom. The van der Waals surface area contributed by atoms with Gasteiger partial charge >= 0.3 is 0 Å². The number of benzene rings is 4. The molecule has 0 spiro atoms. The predicted octanol–water partition coefficient (Wildman–Crippen LogP) is 5.55. The standard InChI is InChI=1S/C31H29Cl2N3O4/c32-13-17-15-35(24-11-26(37)20-5-1-3-7-22(20)30(17)24)28(39)9-19(34)10-29(40)36-16-18(14-33)31-23-8-4-2-6-21(23)27(38)12-25(31)36/h1-8,11-12,17-19,37-38H,9-10,13-16,34H2. The smallest absolute Gasteiger partial charge is 0.228 e. The van der Waals surface area contributed by atoms with Crippen LogP contribution in [-0.2, 0) is 9.59 Å². The number of phenols is 2. The van der Waals surface area contributed by atoms with Crippen molar-refractivity contribution in [2.24, 2.45) is 5.73 Å². The number of aromatic hydroxyl groups is 2. The monoisotopic (exact) mass is 577 g/mol. The van der Waals surface area contributed by atoms with E-state index in [1.165, 1.54) is 0 Å². The minimum atomic E-state index is -0.722. The Hall–Kier alpha value is -3.52. The summed E-state index contributed by atoms with van der Waals surface area (Å²) in [5, 5.41) is 24.5. The maximum Gasteiger partial charge on any atom is 0.228 e. The first kappa shape index (κ1) is 26.7. The van der Waals surface area contributed by atoms with E-state index >= 15 is 0 Å². The molecule has 4 N–H and O–H groups in total. The molecule has 0 saturated heterocycles. The number of hydrogen-bond acceptors (Lipinski definition) is 5. The highest BCUT2D eigenvalue weighted by molar-refractivity contribution is 6.19. The van der Waals surface area contributed by atoms with Crippen LogP contribution in [-0.4, -0.2) is 52.9 Å². The Balaban J connectivity index is 1.22. The van der Waals surface area contributed by atoms with E-state index in [9.17, 15) is 19.8 Å². The van der Waals surface area contributed by atoms with E-state index in [-0.39, 0.29) is 48.0 Å². The van der Waals surface area contributed by atoms with Crippen molar-refractivity contribution in [3.05, 3.63) is 71.8 Å². The van der Waals surface area contributed by atoms with Crippen LogP contribution in [0.15, 0.2) is 60.7 Å². The van der Waals surface area contributed by atoms with E-state index in [1.807, 2.05) is 48.5 Å². The molecule has 0 aromatic heterocycles. The molecule has 4 aromatic rings. The second kappa shape index (κ2) is 10.5. The second-order valence-electron chi connectivity index (χ2n) is 10.6. The van der Waals surface area contributed by atoms with Crippen molar-refractivity contribution in [3.63, 3.8) is 0 Å². The molecular weight excluding hydrogens is 549 g/mol. The number of alkyl halides is 2. The van der Waals surface area contributed by atoms with Crippen molar-refractivity contribution in [1.29, 1.82) is 0 Å². The normalized spacial score (nSPS) is 18.8. The van der Waals surface area contributed by atoms with E-state index in [2.05, 4.69) is 0 Å². The van der Waals surface area contributed by atoms with E-state index in [0.717, 1.165) is 21.9 Å². The molecule has 0 aliphatic carbocycles. The molecule has 0 bridgehead atoms. The van der Waals surface area contributed by atoms with Gasteiger partial charge in [0.05, 0.1) is 11.4 Å². The number of hydrogen-bond donors (Lipinski definition) is 3. The molecule has 0 radical (unpaired) electrons. The SMILES string of the molecule is NC(CC(=O)N1CC(CCl)c2c1cc(O)c1ccccc21)CC(=O)N1CC(CCl)c2c1cc(O)c1ccccc21. The maximum atomic E-state index is 13.5. The summed E-state index contributed by atoms with van der Waals surface area (Å²) in [6.07, 6.45) is -0.0905. The summed E-state index contributed by atoms with van der Waals surface area (Å²) >= 11 is 12.6. The van der Waals surface area contributed by atoms with Crippen LogP contribution in [0.5, 0.6) is 11.5 Å². The number of fused-ring (bicyclic) bond motifs is 6. The highest BCUT2D eigenvalue weighted by Crippen LogP contribution is 2.47. The van der Waals surface area contributed by atoms with E-state index in [0.29, 0.717) is 47.0 Å².